The summed E-state index contributed by atoms with van der Waals surface area (Å²) in [4.78, 5) is 45.7. The largest absolute Gasteiger partial charge is 0.493 e. The number of nitro groups is 1. The number of carbonyl (C=O) groups is 3. The Kier molecular flexibility index (Phi) is 6.89. The van der Waals surface area contributed by atoms with E-state index >= 15 is 0 Å². The molecule has 0 atom stereocenters. The van der Waals surface area contributed by atoms with Gasteiger partial charge in [-0.15, -0.1) is 6.58 Å². The first-order chi connectivity index (χ1) is 16.4. The molecule has 182 valence electrons. The zero-order valence-corrected chi connectivity index (χ0v) is 17.9. The molecular weight excluding hydrogens is 475 g/mol. The third kappa shape index (κ3) is 5.46. The van der Waals surface area contributed by atoms with Crippen LogP contribution in [-0.2, 0) is 22.2 Å². The van der Waals surface area contributed by atoms with E-state index in [9.17, 15) is 37.7 Å². The van der Waals surface area contributed by atoms with Crippen molar-refractivity contribution in [1.29, 1.82) is 0 Å². The van der Waals surface area contributed by atoms with Crippen molar-refractivity contribution in [1.82, 2.24) is 10.6 Å². The molecular formula is C22H16F3N3O7. The van der Waals surface area contributed by atoms with Crippen molar-refractivity contribution in [3.05, 3.63) is 75.4 Å². The lowest BCUT2D eigenvalue weighted by molar-refractivity contribution is -0.385. The van der Waals surface area contributed by atoms with E-state index in [1.165, 1.54) is 31.4 Å². The molecule has 1 aliphatic heterocycles. The van der Waals surface area contributed by atoms with Gasteiger partial charge in [0.2, 0.25) is 5.75 Å². The number of allylic oxidation sites excluding steroid dienone is 1. The molecule has 4 amide bonds. The second kappa shape index (κ2) is 9.67. The van der Waals surface area contributed by atoms with E-state index in [-0.39, 0.29) is 29.1 Å². The number of hydrogen-bond donors (Lipinski definition) is 2. The van der Waals surface area contributed by atoms with Crippen molar-refractivity contribution < 1.29 is 42.0 Å². The molecule has 0 saturated carbocycles. The summed E-state index contributed by atoms with van der Waals surface area (Å²) < 4.78 is 50.0. The maximum Gasteiger partial charge on any atom is 0.416 e. The number of alkyl halides is 3. The van der Waals surface area contributed by atoms with E-state index in [0.29, 0.717) is 17.7 Å². The van der Waals surface area contributed by atoms with Crippen molar-refractivity contribution in [2.24, 2.45) is 0 Å². The molecule has 0 radical (unpaired) electrons. The molecule has 0 aromatic heterocycles. The lowest BCUT2D eigenvalue weighted by atomic mass is 10.0. The molecule has 2 aromatic rings. The van der Waals surface area contributed by atoms with E-state index in [4.69, 9.17) is 9.47 Å². The van der Waals surface area contributed by atoms with E-state index in [0.717, 1.165) is 6.07 Å². The van der Waals surface area contributed by atoms with Crippen molar-refractivity contribution in [2.45, 2.75) is 12.6 Å². The summed E-state index contributed by atoms with van der Waals surface area (Å²) >= 11 is 0. The van der Waals surface area contributed by atoms with Crippen LogP contribution < -0.4 is 20.1 Å². The first-order valence-electron chi connectivity index (χ1n) is 9.68. The van der Waals surface area contributed by atoms with Crippen LogP contribution in [0.5, 0.6) is 17.2 Å². The summed E-state index contributed by atoms with van der Waals surface area (Å²) in [6.45, 7) is 3.61. The van der Waals surface area contributed by atoms with Crippen LogP contribution in [0, 0.1) is 10.1 Å². The summed E-state index contributed by atoms with van der Waals surface area (Å²) in [5, 5.41) is 15.3. The minimum atomic E-state index is -4.80. The summed E-state index contributed by atoms with van der Waals surface area (Å²) in [6.07, 6.45) is -2.05. The van der Waals surface area contributed by atoms with Gasteiger partial charge < -0.3 is 9.47 Å². The normalized spacial score (nSPS) is 13.6. The van der Waals surface area contributed by atoms with Crippen molar-refractivity contribution >= 4 is 29.6 Å². The summed E-state index contributed by atoms with van der Waals surface area (Å²) in [5.41, 5.74) is -1.92. The van der Waals surface area contributed by atoms with Gasteiger partial charge in [-0.1, -0.05) is 6.08 Å². The van der Waals surface area contributed by atoms with Gasteiger partial charge in [-0.3, -0.25) is 30.3 Å². The van der Waals surface area contributed by atoms with Gasteiger partial charge in [0.15, 0.2) is 11.5 Å². The molecule has 35 heavy (non-hydrogen) atoms. The highest BCUT2D eigenvalue weighted by Gasteiger charge is 2.34. The Balaban J connectivity index is 2.10. The molecule has 3 rings (SSSR count). The Labute approximate surface area is 195 Å². The van der Waals surface area contributed by atoms with E-state index in [1.54, 1.807) is 0 Å². The van der Waals surface area contributed by atoms with Crippen LogP contribution in [0.2, 0.25) is 0 Å². The zero-order valence-electron chi connectivity index (χ0n) is 17.9. The number of benzene rings is 2. The number of rotatable bonds is 7. The zero-order chi connectivity index (χ0) is 25.9. The van der Waals surface area contributed by atoms with Gasteiger partial charge in [0, 0.05) is 11.6 Å². The fourth-order valence-corrected chi connectivity index (χ4v) is 3.15. The fourth-order valence-electron chi connectivity index (χ4n) is 3.15. The molecule has 0 unspecified atom stereocenters. The molecule has 10 nitrogen and oxygen atoms in total. The van der Waals surface area contributed by atoms with E-state index in [2.05, 4.69) is 6.58 Å². The minimum Gasteiger partial charge on any atom is -0.493 e. The number of hydrogen-bond acceptors (Lipinski definition) is 7. The van der Waals surface area contributed by atoms with Gasteiger partial charge in [-0.25, -0.2) is 4.79 Å². The molecule has 0 aliphatic carbocycles. The van der Waals surface area contributed by atoms with Crippen LogP contribution in [0.4, 0.5) is 23.7 Å². The number of ether oxygens (including phenoxy) is 2. The number of barbiturate groups is 1. The number of nitrogens with zero attached hydrogens (tertiary/aromatic N) is 1. The number of halogens is 3. The molecule has 2 N–H and O–H groups in total. The Hall–Kier alpha value is -4.68. The van der Waals surface area contributed by atoms with E-state index in [1.807, 2.05) is 10.6 Å². The minimum absolute atomic E-state index is 0.00176. The number of urea groups is 1. The lowest BCUT2D eigenvalue weighted by Crippen LogP contribution is -2.51. The van der Waals surface area contributed by atoms with Crippen molar-refractivity contribution in [2.75, 3.05) is 7.11 Å². The predicted molar refractivity (Wildman–Crippen MR) is 115 cm³/mol. The van der Waals surface area contributed by atoms with Gasteiger partial charge in [0.1, 0.15) is 5.57 Å². The first kappa shape index (κ1) is 25.0. The average molecular weight is 491 g/mol. The smallest absolute Gasteiger partial charge is 0.416 e. The topological polar surface area (TPSA) is 137 Å². The quantitative estimate of drug-likeness (QED) is 0.197. The molecule has 13 heteroatoms. The summed E-state index contributed by atoms with van der Waals surface area (Å²) in [5.74, 6) is -2.38. The highest BCUT2D eigenvalue weighted by molar-refractivity contribution is 6.31. The summed E-state index contributed by atoms with van der Waals surface area (Å²) in [6, 6.07) is 3.64. The van der Waals surface area contributed by atoms with Gasteiger partial charge >= 0.3 is 17.9 Å². The SMILES string of the molecule is C=CCc1cc(C=C2C(=O)NC(=O)NC2=O)cc(OC)c1Oc1ccc(C(F)(F)F)cc1[N+](=O)[O-]. The Bertz CT molecular complexity index is 1260. The Morgan fingerprint density at radius 1 is 1.09 bits per heavy atom. The highest BCUT2D eigenvalue weighted by atomic mass is 19.4. The molecule has 0 spiro atoms. The molecule has 0 bridgehead atoms. The average Bonchev–Trinajstić information content (AvgIpc) is 2.77. The van der Waals surface area contributed by atoms with Crippen LogP contribution >= 0.6 is 0 Å². The summed E-state index contributed by atoms with van der Waals surface area (Å²) in [7, 11) is 1.25. The molecule has 1 saturated heterocycles. The number of amides is 4. The second-order valence-corrected chi connectivity index (χ2v) is 7.04. The van der Waals surface area contributed by atoms with Gasteiger partial charge in [0.05, 0.1) is 17.6 Å². The second-order valence-electron chi connectivity index (χ2n) is 7.04. The number of nitro benzene ring substituents is 1. The van der Waals surface area contributed by atoms with Crippen LogP contribution in [0.3, 0.4) is 0 Å². The Morgan fingerprint density at radius 2 is 1.74 bits per heavy atom. The molecule has 1 aliphatic rings. The number of carbonyl (C=O) groups excluding carboxylic acids is 3. The van der Waals surface area contributed by atoms with Crippen LogP contribution in [0.25, 0.3) is 6.08 Å². The number of nitrogens with one attached hydrogen (secondary N) is 2. The predicted octanol–water partition coefficient (Wildman–Crippen LogP) is 3.89. The van der Waals surface area contributed by atoms with Crippen molar-refractivity contribution in [3.63, 3.8) is 0 Å². The monoisotopic (exact) mass is 491 g/mol. The first-order valence-corrected chi connectivity index (χ1v) is 9.68. The molecule has 2 aromatic carbocycles. The lowest BCUT2D eigenvalue weighted by Gasteiger charge is -2.17. The van der Waals surface area contributed by atoms with Gasteiger partial charge in [-0.2, -0.15) is 13.2 Å². The maximum atomic E-state index is 13.0. The van der Waals surface area contributed by atoms with Gasteiger partial charge in [-0.05, 0) is 42.3 Å². The van der Waals surface area contributed by atoms with Gasteiger partial charge in [0.25, 0.3) is 11.8 Å². The third-order valence-corrected chi connectivity index (χ3v) is 4.69. The van der Waals surface area contributed by atoms with Crippen LogP contribution in [0.15, 0.2) is 48.6 Å². The molecule has 1 fully saturated rings. The van der Waals surface area contributed by atoms with E-state index < -0.39 is 45.9 Å². The van der Waals surface area contributed by atoms with Crippen molar-refractivity contribution in [3.8, 4) is 17.2 Å². The maximum absolute atomic E-state index is 13.0. The number of imide groups is 2. The van der Waals surface area contributed by atoms with Crippen LogP contribution in [-0.4, -0.2) is 29.9 Å². The Morgan fingerprint density at radius 3 is 2.29 bits per heavy atom. The van der Waals surface area contributed by atoms with Crippen LogP contribution in [0.1, 0.15) is 16.7 Å². The third-order valence-electron chi connectivity index (χ3n) is 4.69. The number of methoxy groups -OCH3 is 1. The fraction of sp³-hybridized carbons (Fsp3) is 0.136. The highest BCUT2D eigenvalue weighted by Crippen LogP contribution is 2.42. The molecule has 1 heterocycles. The standard InChI is InChI=1S/C22H16F3N3O7/c1-3-4-12-7-11(8-14-19(29)26-21(31)27-20(14)30)9-17(34-2)18(12)35-16-6-5-13(22(23,24)25)10-15(16)28(32)33/h3,5-10H,1,4H2,2H3,(H2,26,27,29,30,31).